The normalized spacial score (nSPS) is 21.1. The van der Waals surface area contributed by atoms with Crippen LogP contribution in [0.4, 0.5) is 4.39 Å². The van der Waals surface area contributed by atoms with E-state index in [4.69, 9.17) is 0 Å². The standard InChI is InChI=1S/C17H24BrFN2.2ClH/c18-14-6-7-15(16(19)12-14)17(13-4-2-1-3-5-13)21-10-8-20-9-11-21;;/h6-7,12-13,17,20H,1-5,8-11H2;2*1H/t17-;;/m1../s1. The zero-order valence-electron chi connectivity index (χ0n) is 13.3. The third kappa shape index (κ3) is 5.30. The van der Waals surface area contributed by atoms with Crippen LogP contribution in [0.1, 0.15) is 43.7 Å². The second-order valence-electron chi connectivity index (χ2n) is 6.29. The van der Waals surface area contributed by atoms with Crippen molar-refractivity contribution in [2.24, 2.45) is 5.92 Å². The van der Waals surface area contributed by atoms with Crippen molar-refractivity contribution in [1.82, 2.24) is 10.2 Å². The van der Waals surface area contributed by atoms with Crippen LogP contribution in [0.5, 0.6) is 0 Å². The molecule has 0 unspecified atom stereocenters. The number of nitrogens with zero attached hydrogens (tertiary/aromatic N) is 1. The lowest BCUT2D eigenvalue weighted by molar-refractivity contribution is 0.101. The summed E-state index contributed by atoms with van der Waals surface area (Å²) in [5.41, 5.74) is 0.895. The summed E-state index contributed by atoms with van der Waals surface area (Å²) in [5.74, 6) is 0.547. The summed E-state index contributed by atoms with van der Waals surface area (Å²) >= 11 is 3.37. The average Bonchev–Trinajstić information content (AvgIpc) is 2.52. The summed E-state index contributed by atoms with van der Waals surface area (Å²) in [5, 5.41) is 3.40. The van der Waals surface area contributed by atoms with E-state index in [2.05, 4.69) is 26.1 Å². The van der Waals surface area contributed by atoms with Gasteiger partial charge in [-0.15, -0.1) is 24.8 Å². The summed E-state index contributed by atoms with van der Waals surface area (Å²) in [7, 11) is 0. The molecule has 0 aromatic heterocycles. The maximum atomic E-state index is 14.5. The van der Waals surface area contributed by atoms with Gasteiger partial charge in [-0.05, 0) is 30.9 Å². The van der Waals surface area contributed by atoms with E-state index < -0.39 is 0 Å². The predicted octanol–water partition coefficient (Wildman–Crippen LogP) is 4.96. The van der Waals surface area contributed by atoms with Gasteiger partial charge >= 0.3 is 0 Å². The molecule has 2 fully saturated rings. The van der Waals surface area contributed by atoms with Gasteiger partial charge in [0.1, 0.15) is 5.82 Å². The quantitative estimate of drug-likeness (QED) is 0.733. The fraction of sp³-hybridized carbons (Fsp3) is 0.647. The van der Waals surface area contributed by atoms with E-state index in [0.29, 0.717) is 5.92 Å². The molecule has 0 amide bonds. The number of piperazine rings is 1. The van der Waals surface area contributed by atoms with E-state index in [-0.39, 0.29) is 36.7 Å². The Balaban J connectivity index is 0.00000132. The number of nitrogens with one attached hydrogen (secondary N) is 1. The minimum Gasteiger partial charge on any atom is -0.314 e. The summed E-state index contributed by atoms with van der Waals surface area (Å²) in [4.78, 5) is 2.50. The summed E-state index contributed by atoms with van der Waals surface area (Å²) in [6.07, 6.45) is 6.42. The van der Waals surface area contributed by atoms with Crippen molar-refractivity contribution in [2.45, 2.75) is 38.1 Å². The molecule has 1 aliphatic carbocycles. The van der Waals surface area contributed by atoms with Crippen LogP contribution in [0, 0.1) is 11.7 Å². The fourth-order valence-corrected chi connectivity index (χ4v) is 4.23. The van der Waals surface area contributed by atoms with Gasteiger partial charge in [-0.3, -0.25) is 4.90 Å². The lowest BCUT2D eigenvalue weighted by Gasteiger charge is -2.41. The lowest BCUT2D eigenvalue weighted by Crippen LogP contribution is -2.47. The zero-order valence-corrected chi connectivity index (χ0v) is 16.5. The first-order valence-electron chi connectivity index (χ1n) is 8.15. The molecule has 1 atom stereocenters. The largest absolute Gasteiger partial charge is 0.314 e. The molecular weight excluding hydrogens is 402 g/mol. The van der Waals surface area contributed by atoms with Crippen molar-refractivity contribution in [2.75, 3.05) is 26.2 Å². The second kappa shape index (κ2) is 10.2. The molecule has 0 spiro atoms. The van der Waals surface area contributed by atoms with Gasteiger partial charge in [0.05, 0.1) is 0 Å². The molecule has 1 aromatic carbocycles. The molecular formula is C17H26BrCl2FN2. The molecule has 0 bridgehead atoms. The van der Waals surface area contributed by atoms with Crippen molar-refractivity contribution in [3.63, 3.8) is 0 Å². The molecule has 3 rings (SSSR count). The highest BCUT2D eigenvalue weighted by atomic mass is 79.9. The Kier molecular flexibility index (Phi) is 9.39. The van der Waals surface area contributed by atoms with Crippen molar-refractivity contribution in [3.8, 4) is 0 Å². The molecule has 1 heterocycles. The van der Waals surface area contributed by atoms with Crippen molar-refractivity contribution in [3.05, 3.63) is 34.1 Å². The first-order valence-corrected chi connectivity index (χ1v) is 8.95. The summed E-state index contributed by atoms with van der Waals surface area (Å²) in [6.45, 7) is 4.08. The fourth-order valence-electron chi connectivity index (χ4n) is 3.90. The van der Waals surface area contributed by atoms with Gasteiger partial charge in [0.2, 0.25) is 0 Å². The van der Waals surface area contributed by atoms with E-state index in [1.165, 1.54) is 32.1 Å². The van der Waals surface area contributed by atoms with E-state index in [1.54, 1.807) is 6.07 Å². The maximum absolute atomic E-state index is 14.5. The van der Waals surface area contributed by atoms with Crippen molar-refractivity contribution in [1.29, 1.82) is 0 Å². The summed E-state index contributed by atoms with van der Waals surface area (Å²) in [6, 6.07) is 5.84. The van der Waals surface area contributed by atoms with Gasteiger partial charge < -0.3 is 5.32 Å². The zero-order chi connectivity index (χ0) is 14.7. The van der Waals surface area contributed by atoms with Crippen LogP contribution in [-0.2, 0) is 0 Å². The minimum absolute atomic E-state index is 0. The SMILES string of the molecule is Cl.Cl.Fc1cc(Br)ccc1[C@@H](C1CCCCC1)N1CCNCC1. The first-order chi connectivity index (χ1) is 10.3. The Morgan fingerprint density at radius 1 is 1.09 bits per heavy atom. The topological polar surface area (TPSA) is 15.3 Å². The number of benzene rings is 1. The molecule has 6 heteroatoms. The Morgan fingerprint density at radius 2 is 1.74 bits per heavy atom. The van der Waals surface area contributed by atoms with Crippen LogP contribution in [-0.4, -0.2) is 31.1 Å². The molecule has 2 nitrogen and oxygen atoms in total. The highest BCUT2D eigenvalue weighted by molar-refractivity contribution is 9.10. The van der Waals surface area contributed by atoms with Gasteiger partial charge in [0.15, 0.2) is 0 Å². The average molecular weight is 428 g/mol. The van der Waals surface area contributed by atoms with Gasteiger partial charge in [-0.2, -0.15) is 0 Å². The molecule has 132 valence electrons. The van der Waals surface area contributed by atoms with Crippen LogP contribution in [0.2, 0.25) is 0 Å². The van der Waals surface area contributed by atoms with E-state index in [1.807, 2.05) is 12.1 Å². The van der Waals surface area contributed by atoms with Crippen LogP contribution < -0.4 is 5.32 Å². The highest BCUT2D eigenvalue weighted by Gasteiger charge is 2.32. The third-order valence-corrected chi connectivity index (χ3v) is 5.42. The summed E-state index contributed by atoms with van der Waals surface area (Å²) < 4.78 is 15.4. The van der Waals surface area contributed by atoms with Crippen LogP contribution >= 0.6 is 40.7 Å². The monoisotopic (exact) mass is 426 g/mol. The molecule has 2 aliphatic rings. The second-order valence-corrected chi connectivity index (χ2v) is 7.21. The van der Waals surface area contributed by atoms with E-state index >= 15 is 0 Å². The Morgan fingerprint density at radius 3 is 2.35 bits per heavy atom. The Labute approximate surface area is 159 Å². The van der Waals surface area contributed by atoms with E-state index in [0.717, 1.165) is 36.2 Å². The molecule has 1 N–H and O–H groups in total. The molecule has 1 aliphatic heterocycles. The molecule has 1 saturated heterocycles. The van der Waals surface area contributed by atoms with Gasteiger partial charge in [-0.25, -0.2) is 4.39 Å². The van der Waals surface area contributed by atoms with Gasteiger partial charge in [0.25, 0.3) is 0 Å². The lowest BCUT2D eigenvalue weighted by atomic mass is 9.80. The molecule has 1 aromatic rings. The predicted molar refractivity (Wildman–Crippen MR) is 102 cm³/mol. The number of hydrogen-bond donors (Lipinski definition) is 1. The van der Waals surface area contributed by atoms with Crippen molar-refractivity contribution < 1.29 is 4.39 Å². The maximum Gasteiger partial charge on any atom is 0.129 e. The van der Waals surface area contributed by atoms with Gasteiger partial charge in [-0.1, -0.05) is 41.3 Å². The van der Waals surface area contributed by atoms with Gasteiger partial charge in [0, 0.05) is 42.3 Å². The van der Waals surface area contributed by atoms with Crippen molar-refractivity contribution >= 4 is 40.7 Å². The smallest absolute Gasteiger partial charge is 0.129 e. The van der Waals surface area contributed by atoms with Crippen LogP contribution in [0.25, 0.3) is 0 Å². The van der Waals surface area contributed by atoms with Crippen LogP contribution in [0.3, 0.4) is 0 Å². The molecule has 23 heavy (non-hydrogen) atoms. The Hall–Kier alpha value is 0.130. The first kappa shape index (κ1) is 21.2. The number of rotatable bonds is 3. The highest BCUT2D eigenvalue weighted by Crippen LogP contribution is 2.39. The Bertz CT molecular complexity index is 460. The molecule has 1 saturated carbocycles. The van der Waals surface area contributed by atoms with Crippen LogP contribution in [0.15, 0.2) is 22.7 Å². The minimum atomic E-state index is -0.0570. The third-order valence-electron chi connectivity index (χ3n) is 4.92. The number of halogens is 4. The number of hydrogen-bond acceptors (Lipinski definition) is 2. The molecule has 0 radical (unpaired) electrons. The van der Waals surface area contributed by atoms with E-state index in [9.17, 15) is 4.39 Å².